The third-order valence-electron chi connectivity index (χ3n) is 6.20. The highest BCUT2D eigenvalue weighted by Crippen LogP contribution is 2.44. The number of carboxylic acid groups (broad SMARTS) is 1. The Labute approximate surface area is 200 Å². The number of carboxylic acids is 1. The van der Waals surface area contributed by atoms with E-state index in [-0.39, 0.29) is 30.8 Å². The van der Waals surface area contributed by atoms with Crippen molar-refractivity contribution >= 4 is 18.0 Å². The van der Waals surface area contributed by atoms with E-state index in [1.165, 1.54) is 0 Å². The second kappa shape index (κ2) is 11.2. The number of ether oxygens (including phenoxy) is 1. The predicted octanol–water partition coefficient (Wildman–Crippen LogP) is 4.56. The van der Waals surface area contributed by atoms with Crippen molar-refractivity contribution in [2.24, 2.45) is 11.8 Å². The minimum Gasteiger partial charge on any atom is -0.480 e. The Hall–Kier alpha value is -3.35. The zero-order chi connectivity index (χ0) is 24.8. The number of aliphatic carboxylic acids is 1. The molecular weight excluding hydrogens is 432 g/mol. The van der Waals surface area contributed by atoms with Crippen LogP contribution < -0.4 is 10.6 Å². The monoisotopic (exact) mass is 466 g/mol. The summed E-state index contributed by atoms with van der Waals surface area (Å²) in [5.74, 6) is -1.44. The van der Waals surface area contributed by atoms with E-state index in [1.54, 1.807) is 0 Å². The molecule has 2 unspecified atom stereocenters. The molecule has 0 bridgehead atoms. The zero-order valence-corrected chi connectivity index (χ0v) is 20.2. The Morgan fingerprint density at radius 3 is 1.97 bits per heavy atom. The van der Waals surface area contributed by atoms with Crippen LogP contribution >= 0.6 is 0 Å². The molecule has 2 amide bonds. The molecule has 2 atom stereocenters. The fourth-order valence-corrected chi connectivity index (χ4v) is 4.39. The molecule has 3 rings (SSSR count). The van der Waals surface area contributed by atoms with E-state index < -0.39 is 30.1 Å². The number of carbonyl (C=O) groups is 3. The van der Waals surface area contributed by atoms with Crippen molar-refractivity contribution in [3.8, 4) is 11.1 Å². The molecule has 0 radical (unpaired) electrons. The summed E-state index contributed by atoms with van der Waals surface area (Å²) in [6, 6.07) is 14.8. The van der Waals surface area contributed by atoms with E-state index in [0.717, 1.165) is 22.3 Å². The van der Waals surface area contributed by atoms with Crippen LogP contribution in [0.25, 0.3) is 11.1 Å². The highest BCUT2D eigenvalue weighted by molar-refractivity contribution is 5.84. The molecule has 2 aromatic rings. The number of alkyl carbamates (subject to hydrolysis) is 1. The second-order valence-electron chi connectivity index (χ2n) is 9.61. The summed E-state index contributed by atoms with van der Waals surface area (Å²) in [4.78, 5) is 36.6. The van der Waals surface area contributed by atoms with Crippen LogP contribution in [0.3, 0.4) is 0 Å². The van der Waals surface area contributed by atoms with Gasteiger partial charge in [0.1, 0.15) is 12.6 Å². The summed E-state index contributed by atoms with van der Waals surface area (Å²) in [6.45, 7) is 7.77. The topological polar surface area (TPSA) is 105 Å². The highest BCUT2D eigenvalue weighted by atomic mass is 16.5. The van der Waals surface area contributed by atoms with Crippen LogP contribution in [0.1, 0.15) is 57.6 Å². The minimum absolute atomic E-state index is 0.0241. The van der Waals surface area contributed by atoms with Crippen LogP contribution in [0.2, 0.25) is 0 Å². The summed E-state index contributed by atoms with van der Waals surface area (Å²) in [5, 5.41) is 14.7. The number of benzene rings is 2. The Morgan fingerprint density at radius 2 is 1.47 bits per heavy atom. The van der Waals surface area contributed by atoms with Crippen molar-refractivity contribution < 1.29 is 24.2 Å². The number of hydrogen-bond acceptors (Lipinski definition) is 4. The second-order valence-corrected chi connectivity index (χ2v) is 9.61. The standard InChI is InChI=1S/C27H34N2O5/c1-16(2)13-24(26(31)32)28-25(30)14-23(17(3)4)29-27(33)34-15-22-20-11-7-5-9-18(20)19-10-6-8-12-21(19)22/h5-12,16-17,22-24H,13-15H2,1-4H3,(H,28,30)(H,29,33)(H,31,32). The summed E-state index contributed by atoms with van der Waals surface area (Å²) in [7, 11) is 0. The molecule has 0 spiro atoms. The Kier molecular flexibility index (Phi) is 8.31. The van der Waals surface area contributed by atoms with Gasteiger partial charge in [0.15, 0.2) is 0 Å². The van der Waals surface area contributed by atoms with Crippen molar-refractivity contribution in [1.29, 1.82) is 0 Å². The average molecular weight is 467 g/mol. The van der Waals surface area contributed by atoms with Crippen molar-refractivity contribution in [3.05, 3.63) is 59.7 Å². The first-order valence-corrected chi connectivity index (χ1v) is 11.8. The van der Waals surface area contributed by atoms with Crippen LogP contribution in [0.5, 0.6) is 0 Å². The Morgan fingerprint density at radius 1 is 0.912 bits per heavy atom. The lowest BCUT2D eigenvalue weighted by Crippen LogP contribution is -2.46. The lowest BCUT2D eigenvalue weighted by atomic mass is 9.98. The van der Waals surface area contributed by atoms with Gasteiger partial charge in [0.05, 0.1) is 0 Å². The lowest BCUT2D eigenvalue weighted by molar-refractivity contribution is -0.142. The van der Waals surface area contributed by atoms with Crippen molar-refractivity contribution in [2.75, 3.05) is 6.61 Å². The lowest BCUT2D eigenvalue weighted by Gasteiger charge is -2.24. The molecule has 0 saturated heterocycles. The largest absolute Gasteiger partial charge is 0.480 e. The molecule has 34 heavy (non-hydrogen) atoms. The van der Waals surface area contributed by atoms with Gasteiger partial charge in [-0.2, -0.15) is 0 Å². The fourth-order valence-electron chi connectivity index (χ4n) is 4.39. The molecule has 0 saturated carbocycles. The molecule has 2 aromatic carbocycles. The Bertz CT molecular complexity index is 988. The van der Waals surface area contributed by atoms with Gasteiger partial charge in [0, 0.05) is 18.4 Å². The van der Waals surface area contributed by atoms with Gasteiger partial charge < -0.3 is 20.5 Å². The van der Waals surface area contributed by atoms with Crippen LogP contribution in [-0.2, 0) is 14.3 Å². The molecule has 0 fully saturated rings. The maximum absolute atomic E-state index is 12.6. The molecule has 1 aliphatic carbocycles. The summed E-state index contributed by atoms with van der Waals surface area (Å²) < 4.78 is 5.60. The van der Waals surface area contributed by atoms with E-state index in [1.807, 2.05) is 52.0 Å². The minimum atomic E-state index is -1.06. The number of carbonyl (C=O) groups excluding carboxylic acids is 2. The van der Waals surface area contributed by atoms with E-state index in [0.29, 0.717) is 6.42 Å². The molecule has 0 aromatic heterocycles. The number of nitrogens with one attached hydrogen (secondary N) is 2. The first kappa shape index (κ1) is 25.3. The van der Waals surface area contributed by atoms with Crippen LogP contribution in [-0.4, -0.2) is 41.8 Å². The summed E-state index contributed by atoms with van der Waals surface area (Å²) in [5.41, 5.74) is 4.55. The molecule has 1 aliphatic rings. The normalized spacial score (nSPS) is 14.3. The molecular formula is C27H34N2O5. The van der Waals surface area contributed by atoms with Gasteiger partial charge in [-0.3, -0.25) is 4.79 Å². The predicted molar refractivity (Wildman–Crippen MR) is 130 cm³/mol. The van der Waals surface area contributed by atoms with Crippen molar-refractivity contribution in [2.45, 2.75) is 58.5 Å². The first-order valence-electron chi connectivity index (χ1n) is 11.8. The highest BCUT2D eigenvalue weighted by Gasteiger charge is 2.30. The van der Waals surface area contributed by atoms with Crippen LogP contribution in [0.15, 0.2) is 48.5 Å². The molecule has 0 aliphatic heterocycles. The number of amides is 2. The van der Waals surface area contributed by atoms with Gasteiger partial charge in [-0.25, -0.2) is 9.59 Å². The first-order chi connectivity index (χ1) is 16.2. The van der Waals surface area contributed by atoms with Crippen LogP contribution in [0, 0.1) is 11.8 Å². The number of hydrogen-bond donors (Lipinski definition) is 3. The van der Waals surface area contributed by atoms with Gasteiger partial charge in [-0.05, 0) is 40.5 Å². The van der Waals surface area contributed by atoms with E-state index >= 15 is 0 Å². The van der Waals surface area contributed by atoms with E-state index in [4.69, 9.17) is 4.74 Å². The SMILES string of the molecule is CC(C)CC(NC(=O)CC(NC(=O)OCC1c2ccccc2-c2ccccc21)C(C)C)C(=O)O. The average Bonchev–Trinajstić information content (AvgIpc) is 3.10. The summed E-state index contributed by atoms with van der Waals surface area (Å²) >= 11 is 0. The Balaban J connectivity index is 1.59. The molecule has 3 N–H and O–H groups in total. The maximum atomic E-state index is 12.6. The molecule has 7 heteroatoms. The van der Waals surface area contributed by atoms with Gasteiger partial charge in [0.2, 0.25) is 5.91 Å². The van der Waals surface area contributed by atoms with Gasteiger partial charge >= 0.3 is 12.1 Å². The fraction of sp³-hybridized carbons (Fsp3) is 0.444. The van der Waals surface area contributed by atoms with Gasteiger partial charge in [0.25, 0.3) is 0 Å². The smallest absolute Gasteiger partial charge is 0.407 e. The van der Waals surface area contributed by atoms with E-state index in [9.17, 15) is 19.5 Å². The summed E-state index contributed by atoms with van der Waals surface area (Å²) in [6.07, 6.45) is -0.276. The van der Waals surface area contributed by atoms with Gasteiger partial charge in [-0.1, -0.05) is 76.2 Å². The maximum Gasteiger partial charge on any atom is 0.407 e. The molecule has 7 nitrogen and oxygen atoms in total. The van der Waals surface area contributed by atoms with Crippen molar-refractivity contribution in [1.82, 2.24) is 10.6 Å². The quantitative estimate of drug-likeness (QED) is 0.476. The zero-order valence-electron chi connectivity index (χ0n) is 20.2. The van der Waals surface area contributed by atoms with Crippen LogP contribution in [0.4, 0.5) is 4.79 Å². The molecule has 0 heterocycles. The molecule has 182 valence electrons. The third kappa shape index (κ3) is 6.16. The third-order valence-corrected chi connectivity index (χ3v) is 6.20. The number of rotatable bonds is 10. The van der Waals surface area contributed by atoms with E-state index in [2.05, 4.69) is 34.9 Å². The van der Waals surface area contributed by atoms with Crippen molar-refractivity contribution in [3.63, 3.8) is 0 Å². The number of fused-ring (bicyclic) bond motifs is 3. The van der Waals surface area contributed by atoms with Gasteiger partial charge in [-0.15, -0.1) is 0 Å².